The minimum Gasteiger partial charge on any atom is -0.356 e. The van der Waals surface area contributed by atoms with Crippen molar-refractivity contribution in [1.29, 1.82) is 0 Å². The van der Waals surface area contributed by atoms with Gasteiger partial charge in [-0.2, -0.15) is 13.2 Å². The highest BCUT2D eigenvalue weighted by Gasteiger charge is 2.25. The number of unbranched alkanes of at least 4 members (excludes halogenated alkanes) is 1. The molecule has 3 nitrogen and oxygen atoms in total. The van der Waals surface area contributed by atoms with Gasteiger partial charge >= 0.3 is 6.18 Å². The van der Waals surface area contributed by atoms with Crippen LogP contribution in [0.2, 0.25) is 0 Å². The summed E-state index contributed by atoms with van der Waals surface area (Å²) in [7, 11) is 0. The molecule has 0 aromatic rings. The number of carbonyl (C=O) groups is 1. The van der Waals surface area contributed by atoms with Crippen molar-refractivity contribution in [3.8, 4) is 0 Å². The molecule has 0 aliphatic rings. The zero-order valence-corrected chi connectivity index (χ0v) is 10.4. The molecule has 0 saturated carbocycles. The Labute approximate surface area is 100 Å². The molecule has 0 bridgehead atoms. The second-order valence-electron chi connectivity index (χ2n) is 4.07. The Morgan fingerprint density at radius 3 is 2.47 bits per heavy atom. The van der Waals surface area contributed by atoms with Gasteiger partial charge in [-0.05, 0) is 19.4 Å². The van der Waals surface area contributed by atoms with E-state index in [2.05, 4.69) is 10.6 Å². The Morgan fingerprint density at radius 1 is 1.29 bits per heavy atom. The van der Waals surface area contributed by atoms with Gasteiger partial charge in [-0.3, -0.25) is 4.79 Å². The monoisotopic (exact) mass is 254 g/mol. The summed E-state index contributed by atoms with van der Waals surface area (Å²) >= 11 is 0. The molecular formula is C11H21F3N2O. The Balaban J connectivity index is 3.51. The number of rotatable bonds is 8. The molecular weight excluding hydrogens is 233 g/mol. The quantitative estimate of drug-likeness (QED) is 0.651. The minimum absolute atomic E-state index is 0.0609. The highest BCUT2D eigenvalue weighted by molar-refractivity contribution is 5.78. The molecule has 0 aliphatic heterocycles. The van der Waals surface area contributed by atoms with Crippen molar-refractivity contribution in [3.63, 3.8) is 0 Å². The maximum absolute atomic E-state index is 11.8. The predicted octanol–water partition coefficient (Wildman–Crippen LogP) is 2.08. The van der Waals surface area contributed by atoms with Gasteiger partial charge in [0.2, 0.25) is 5.91 Å². The van der Waals surface area contributed by atoms with Crippen molar-refractivity contribution in [2.45, 2.75) is 39.3 Å². The Bertz CT molecular complexity index is 219. The number of hydrogen-bond donors (Lipinski definition) is 2. The number of halogens is 3. The third-order valence-corrected chi connectivity index (χ3v) is 2.33. The molecule has 0 rings (SSSR count). The average molecular weight is 254 g/mol. The van der Waals surface area contributed by atoms with Gasteiger partial charge in [-0.25, -0.2) is 0 Å². The summed E-state index contributed by atoms with van der Waals surface area (Å²) in [6.45, 7) is 5.43. The van der Waals surface area contributed by atoms with Crippen LogP contribution in [0.5, 0.6) is 0 Å². The average Bonchev–Trinajstić information content (AvgIpc) is 2.23. The molecule has 6 heteroatoms. The van der Waals surface area contributed by atoms with Crippen molar-refractivity contribution in [2.75, 3.05) is 19.6 Å². The normalized spacial score (nSPS) is 13.5. The molecule has 2 N–H and O–H groups in total. The lowest BCUT2D eigenvalue weighted by molar-refractivity contribution is -0.135. The molecule has 0 saturated heterocycles. The van der Waals surface area contributed by atoms with E-state index in [4.69, 9.17) is 0 Å². The fourth-order valence-corrected chi connectivity index (χ4v) is 1.29. The van der Waals surface area contributed by atoms with Gasteiger partial charge in [-0.15, -0.1) is 0 Å². The molecule has 0 radical (unpaired) electrons. The number of nitrogens with one attached hydrogen (secondary N) is 2. The van der Waals surface area contributed by atoms with Crippen LogP contribution in [-0.2, 0) is 4.79 Å². The zero-order valence-electron chi connectivity index (χ0n) is 10.4. The second-order valence-corrected chi connectivity index (χ2v) is 4.07. The van der Waals surface area contributed by atoms with Crippen LogP contribution in [0.15, 0.2) is 0 Å². The van der Waals surface area contributed by atoms with Crippen molar-refractivity contribution < 1.29 is 18.0 Å². The standard InChI is InChI=1S/C11H21F3N2O/c1-3-15-8-9(2)10(17)16-7-5-4-6-11(12,13)14/h9,15H,3-8H2,1-2H3,(H,16,17). The van der Waals surface area contributed by atoms with Crippen LogP contribution in [0.25, 0.3) is 0 Å². The van der Waals surface area contributed by atoms with Gasteiger partial charge in [0, 0.05) is 25.4 Å². The van der Waals surface area contributed by atoms with Crippen LogP contribution in [0.1, 0.15) is 33.1 Å². The van der Waals surface area contributed by atoms with E-state index in [-0.39, 0.29) is 18.2 Å². The Kier molecular flexibility index (Phi) is 7.95. The van der Waals surface area contributed by atoms with E-state index in [1.54, 1.807) is 6.92 Å². The fraction of sp³-hybridized carbons (Fsp3) is 0.909. The maximum atomic E-state index is 11.8. The SMILES string of the molecule is CCNCC(C)C(=O)NCCCCC(F)(F)F. The number of carbonyl (C=O) groups excluding carboxylic acids is 1. The van der Waals surface area contributed by atoms with E-state index >= 15 is 0 Å². The van der Waals surface area contributed by atoms with Crippen LogP contribution < -0.4 is 10.6 Å². The molecule has 0 spiro atoms. The molecule has 0 aromatic carbocycles. The Hall–Kier alpha value is -0.780. The molecule has 1 amide bonds. The van der Waals surface area contributed by atoms with Crippen molar-refractivity contribution in [1.82, 2.24) is 10.6 Å². The molecule has 0 heterocycles. The van der Waals surface area contributed by atoms with Gasteiger partial charge in [-0.1, -0.05) is 13.8 Å². The summed E-state index contributed by atoms with van der Waals surface area (Å²) in [4.78, 5) is 11.4. The lowest BCUT2D eigenvalue weighted by atomic mass is 10.1. The van der Waals surface area contributed by atoms with E-state index in [9.17, 15) is 18.0 Å². The van der Waals surface area contributed by atoms with Crippen LogP contribution in [-0.4, -0.2) is 31.7 Å². The Morgan fingerprint density at radius 2 is 1.94 bits per heavy atom. The van der Waals surface area contributed by atoms with E-state index < -0.39 is 12.6 Å². The third-order valence-electron chi connectivity index (χ3n) is 2.33. The third kappa shape index (κ3) is 10.1. The first kappa shape index (κ1) is 16.2. The first-order valence-corrected chi connectivity index (χ1v) is 5.92. The molecule has 1 unspecified atom stereocenters. The van der Waals surface area contributed by atoms with E-state index in [1.807, 2.05) is 6.92 Å². The second kappa shape index (κ2) is 8.33. The zero-order chi connectivity index (χ0) is 13.3. The molecule has 0 aromatic heterocycles. The van der Waals surface area contributed by atoms with E-state index in [0.29, 0.717) is 19.5 Å². The lowest BCUT2D eigenvalue weighted by Crippen LogP contribution is -2.35. The molecule has 0 aliphatic carbocycles. The van der Waals surface area contributed by atoms with E-state index in [0.717, 1.165) is 6.54 Å². The minimum atomic E-state index is -4.09. The number of hydrogen-bond acceptors (Lipinski definition) is 2. The van der Waals surface area contributed by atoms with Crippen molar-refractivity contribution in [3.05, 3.63) is 0 Å². The van der Waals surface area contributed by atoms with Gasteiger partial charge in [0.1, 0.15) is 0 Å². The summed E-state index contributed by atoms with van der Waals surface area (Å²) < 4.78 is 35.4. The maximum Gasteiger partial charge on any atom is 0.389 e. The van der Waals surface area contributed by atoms with Crippen molar-refractivity contribution >= 4 is 5.91 Å². The van der Waals surface area contributed by atoms with Crippen LogP contribution in [0, 0.1) is 5.92 Å². The smallest absolute Gasteiger partial charge is 0.356 e. The number of alkyl halides is 3. The summed E-state index contributed by atoms with van der Waals surface area (Å²) in [5, 5.41) is 5.67. The van der Waals surface area contributed by atoms with Gasteiger partial charge < -0.3 is 10.6 Å². The van der Waals surface area contributed by atoms with Crippen LogP contribution in [0.4, 0.5) is 13.2 Å². The highest BCUT2D eigenvalue weighted by atomic mass is 19.4. The first-order chi connectivity index (χ1) is 7.87. The molecule has 17 heavy (non-hydrogen) atoms. The van der Waals surface area contributed by atoms with Crippen molar-refractivity contribution in [2.24, 2.45) is 5.92 Å². The highest BCUT2D eigenvalue weighted by Crippen LogP contribution is 2.21. The number of amides is 1. The van der Waals surface area contributed by atoms with Crippen LogP contribution in [0.3, 0.4) is 0 Å². The predicted molar refractivity (Wildman–Crippen MR) is 60.6 cm³/mol. The topological polar surface area (TPSA) is 41.1 Å². The lowest BCUT2D eigenvalue weighted by Gasteiger charge is -2.12. The van der Waals surface area contributed by atoms with Gasteiger partial charge in [0.05, 0.1) is 0 Å². The molecule has 102 valence electrons. The van der Waals surface area contributed by atoms with Gasteiger partial charge in [0.15, 0.2) is 0 Å². The van der Waals surface area contributed by atoms with E-state index in [1.165, 1.54) is 0 Å². The first-order valence-electron chi connectivity index (χ1n) is 5.92. The fourth-order valence-electron chi connectivity index (χ4n) is 1.29. The summed E-state index contributed by atoms with van der Waals surface area (Å²) in [5.74, 6) is -0.268. The summed E-state index contributed by atoms with van der Waals surface area (Å²) in [6, 6.07) is 0. The molecule has 0 fully saturated rings. The molecule has 1 atom stereocenters. The van der Waals surface area contributed by atoms with Crippen LogP contribution >= 0.6 is 0 Å². The largest absolute Gasteiger partial charge is 0.389 e. The summed E-state index contributed by atoms with van der Waals surface area (Å²) in [5.41, 5.74) is 0. The van der Waals surface area contributed by atoms with Gasteiger partial charge in [0.25, 0.3) is 0 Å². The summed E-state index contributed by atoms with van der Waals surface area (Å²) in [6.07, 6.45) is -4.46.